The topological polar surface area (TPSA) is 56.7 Å². The summed E-state index contributed by atoms with van der Waals surface area (Å²) in [5, 5.41) is 1.59. The molecule has 0 N–H and O–H groups in total. The van der Waals surface area contributed by atoms with E-state index in [1.807, 2.05) is 43.5 Å². The third-order valence-electron chi connectivity index (χ3n) is 5.24. The van der Waals surface area contributed by atoms with Crippen molar-refractivity contribution < 1.29 is 4.42 Å². The van der Waals surface area contributed by atoms with Crippen LogP contribution >= 0.6 is 23.4 Å². The zero-order valence-electron chi connectivity index (χ0n) is 17.7. The van der Waals surface area contributed by atoms with Gasteiger partial charge in [0, 0.05) is 22.5 Å². The van der Waals surface area contributed by atoms with Gasteiger partial charge in [-0.1, -0.05) is 59.3 Å². The molecule has 3 heterocycles. The molecule has 0 aliphatic heterocycles. The minimum absolute atomic E-state index is 0.550. The summed E-state index contributed by atoms with van der Waals surface area (Å²) >= 11 is 7.86. The predicted octanol–water partition coefficient (Wildman–Crippen LogP) is 6.70. The van der Waals surface area contributed by atoms with E-state index in [1.54, 1.807) is 18.0 Å². The molecule has 2 aromatic carbocycles. The average molecular weight is 461 g/mol. The average Bonchev–Trinajstić information content (AvgIpc) is 3.33. The minimum atomic E-state index is 0.550. The second-order valence-electron chi connectivity index (χ2n) is 7.65. The van der Waals surface area contributed by atoms with Gasteiger partial charge in [0.05, 0.1) is 23.8 Å². The molecule has 0 amide bonds. The normalized spacial score (nSPS) is 11.3. The van der Waals surface area contributed by atoms with E-state index in [2.05, 4.69) is 40.7 Å². The largest absolute Gasteiger partial charge is 0.441 e. The number of imidazole rings is 1. The zero-order valence-corrected chi connectivity index (χ0v) is 19.3. The lowest BCUT2D eigenvalue weighted by Gasteiger charge is -2.08. The van der Waals surface area contributed by atoms with Crippen molar-refractivity contribution >= 4 is 34.4 Å². The van der Waals surface area contributed by atoms with Gasteiger partial charge in [-0.05, 0) is 43.7 Å². The summed E-state index contributed by atoms with van der Waals surface area (Å²) in [6.07, 6.45) is 3.62. The summed E-state index contributed by atoms with van der Waals surface area (Å²) in [5.41, 5.74) is 6.15. The van der Waals surface area contributed by atoms with Crippen molar-refractivity contribution in [2.75, 3.05) is 0 Å². The molecule has 7 heteroatoms. The summed E-state index contributed by atoms with van der Waals surface area (Å²) in [6.45, 7) is 4.60. The first-order valence-electron chi connectivity index (χ1n) is 10.3. The minimum Gasteiger partial charge on any atom is -0.441 e. The highest BCUT2D eigenvalue weighted by molar-refractivity contribution is 7.98. The molecule has 0 unspecified atom stereocenters. The van der Waals surface area contributed by atoms with Crippen LogP contribution in [0.25, 0.3) is 22.5 Å². The summed E-state index contributed by atoms with van der Waals surface area (Å²) in [4.78, 5) is 13.9. The summed E-state index contributed by atoms with van der Waals surface area (Å²) < 4.78 is 8.14. The zero-order chi connectivity index (χ0) is 22.1. The van der Waals surface area contributed by atoms with E-state index in [4.69, 9.17) is 26.0 Å². The van der Waals surface area contributed by atoms with Gasteiger partial charge < -0.3 is 8.98 Å². The van der Waals surface area contributed by atoms with Crippen LogP contribution in [0.4, 0.5) is 0 Å². The molecule has 160 valence electrons. The van der Waals surface area contributed by atoms with Crippen LogP contribution in [-0.4, -0.2) is 19.5 Å². The third-order valence-corrected chi connectivity index (χ3v) is 6.52. The van der Waals surface area contributed by atoms with Gasteiger partial charge in [-0.15, -0.1) is 0 Å². The first-order valence-corrected chi connectivity index (χ1v) is 11.6. The number of pyridine rings is 1. The molecule has 0 bridgehead atoms. The van der Waals surface area contributed by atoms with Crippen molar-refractivity contribution in [3.8, 4) is 11.5 Å². The van der Waals surface area contributed by atoms with Crippen molar-refractivity contribution in [2.45, 2.75) is 31.3 Å². The Bertz CT molecular complexity index is 1410. The summed E-state index contributed by atoms with van der Waals surface area (Å²) in [5.74, 6) is 2.18. The van der Waals surface area contributed by atoms with Crippen LogP contribution in [0.15, 0.2) is 76.6 Å². The second kappa shape index (κ2) is 8.81. The number of rotatable bonds is 6. The number of thioether (sulfide) groups is 1. The number of benzene rings is 2. The lowest BCUT2D eigenvalue weighted by molar-refractivity contribution is 0.537. The highest BCUT2D eigenvalue weighted by Gasteiger charge is 2.17. The number of hydrogen-bond donors (Lipinski definition) is 0. The lowest BCUT2D eigenvalue weighted by Crippen LogP contribution is -2.03. The molecule has 5 rings (SSSR count). The van der Waals surface area contributed by atoms with Crippen molar-refractivity contribution in [3.63, 3.8) is 0 Å². The SMILES string of the molecule is Cc1cccc(CSc2nc3ccncc3n2Cc2nc(-c3cccc(Cl)c3)oc2C)c1. The maximum absolute atomic E-state index is 6.15. The molecule has 0 saturated heterocycles. The molecule has 0 radical (unpaired) electrons. The Morgan fingerprint density at radius 2 is 1.91 bits per heavy atom. The van der Waals surface area contributed by atoms with Crippen molar-refractivity contribution in [2.24, 2.45) is 0 Å². The molecule has 3 aromatic heterocycles. The van der Waals surface area contributed by atoms with Gasteiger partial charge in [0.25, 0.3) is 0 Å². The maximum atomic E-state index is 6.15. The quantitative estimate of drug-likeness (QED) is 0.264. The molecule has 0 spiro atoms. The summed E-state index contributed by atoms with van der Waals surface area (Å²) in [6, 6.07) is 18.0. The van der Waals surface area contributed by atoms with Gasteiger partial charge in [0.15, 0.2) is 5.16 Å². The van der Waals surface area contributed by atoms with E-state index in [1.165, 1.54) is 11.1 Å². The Hall–Kier alpha value is -3.09. The lowest BCUT2D eigenvalue weighted by atomic mass is 10.2. The highest BCUT2D eigenvalue weighted by Crippen LogP contribution is 2.29. The van der Waals surface area contributed by atoms with Crippen LogP contribution in [0, 0.1) is 13.8 Å². The van der Waals surface area contributed by atoms with E-state index in [9.17, 15) is 0 Å². The monoisotopic (exact) mass is 460 g/mol. The fraction of sp³-hybridized carbons (Fsp3) is 0.160. The molecule has 32 heavy (non-hydrogen) atoms. The van der Waals surface area contributed by atoms with Crippen LogP contribution in [0.1, 0.15) is 22.6 Å². The predicted molar refractivity (Wildman–Crippen MR) is 129 cm³/mol. The number of aryl methyl sites for hydroxylation is 2. The smallest absolute Gasteiger partial charge is 0.226 e. The highest BCUT2D eigenvalue weighted by atomic mass is 35.5. The van der Waals surface area contributed by atoms with E-state index in [-0.39, 0.29) is 0 Å². The van der Waals surface area contributed by atoms with Gasteiger partial charge in [-0.3, -0.25) is 4.98 Å². The van der Waals surface area contributed by atoms with Crippen LogP contribution < -0.4 is 0 Å². The van der Waals surface area contributed by atoms with Crippen LogP contribution in [0.2, 0.25) is 5.02 Å². The first-order chi connectivity index (χ1) is 15.6. The van der Waals surface area contributed by atoms with Gasteiger partial charge in [0.2, 0.25) is 5.89 Å². The van der Waals surface area contributed by atoms with Gasteiger partial charge >= 0.3 is 0 Å². The standard InChI is InChI=1S/C25H21ClN4OS/c1-16-5-3-6-18(11-16)15-32-25-29-21-9-10-27-13-23(21)30(25)14-22-17(2)31-24(28-22)19-7-4-8-20(26)12-19/h3-13H,14-15H2,1-2H3. The number of oxazole rings is 1. The molecule has 0 atom stereocenters. The number of nitrogens with zero attached hydrogens (tertiary/aromatic N) is 4. The third kappa shape index (κ3) is 4.29. The maximum Gasteiger partial charge on any atom is 0.226 e. The Balaban J connectivity index is 1.48. The Kier molecular flexibility index (Phi) is 5.72. The molecular weight excluding hydrogens is 440 g/mol. The van der Waals surface area contributed by atoms with Crippen molar-refractivity contribution in [3.05, 3.63) is 94.6 Å². The molecule has 0 aliphatic carbocycles. The van der Waals surface area contributed by atoms with Crippen LogP contribution in [-0.2, 0) is 12.3 Å². The Morgan fingerprint density at radius 1 is 1.03 bits per heavy atom. The first kappa shape index (κ1) is 20.8. The molecule has 0 saturated carbocycles. The number of halogens is 1. The second-order valence-corrected chi connectivity index (χ2v) is 9.03. The number of fused-ring (bicyclic) bond motifs is 1. The fourth-order valence-corrected chi connectivity index (χ4v) is 4.78. The number of aromatic nitrogens is 4. The van der Waals surface area contributed by atoms with E-state index in [0.29, 0.717) is 17.5 Å². The summed E-state index contributed by atoms with van der Waals surface area (Å²) in [7, 11) is 0. The van der Waals surface area contributed by atoms with Gasteiger partial charge in [-0.25, -0.2) is 9.97 Å². The molecule has 5 aromatic rings. The molecular formula is C25H21ClN4OS. The van der Waals surface area contributed by atoms with Gasteiger partial charge in [-0.2, -0.15) is 0 Å². The molecule has 5 nitrogen and oxygen atoms in total. The van der Waals surface area contributed by atoms with Crippen LogP contribution in [0.5, 0.6) is 0 Å². The van der Waals surface area contributed by atoms with Crippen LogP contribution in [0.3, 0.4) is 0 Å². The number of hydrogen-bond acceptors (Lipinski definition) is 5. The Morgan fingerprint density at radius 3 is 2.75 bits per heavy atom. The van der Waals surface area contributed by atoms with Crippen molar-refractivity contribution in [1.82, 2.24) is 19.5 Å². The van der Waals surface area contributed by atoms with Gasteiger partial charge in [0.1, 0.15) is 11.5 Å². The molecule has 0 fully saturated rings. The van der Waals surface area contributed by atoms with E-state index < -0.39 is 0 Å². The van der Waals surface area contributed by atoms with Crippen molar-refractivity contribution in [1.29, 1.82) is 0 Å². The molecule has 0 aliphatic rings. The van der Waals surface area contributed by atoms with E-state index in [0.717, 1.165) is 39.0 Å². The Labute approximate surface area is 195 Å². The fourth-order valence-electron chi connectivity index (χ4n) is 3.63. The van der Waals surface area contributed by atoms with E-state index >= 15 is 0 Å².